The van der Waals surface area contributed by atoms with Crippen LogP contribution in [-0.2, 0) is 9.59 Å². The Bertz CT molecular complexity index is 508. The Kier molecular flexibility index (Phi) is 2.74. The molecule has 2 nitrogen and oxygen atoms in total. The molecule has 2 heteroatoms. The summed E-state index contributed by atoms with van der Waals surface area (Å²) >= 11 is 0. The molecule has 0 spiro atoms. The van der Waals surface area contributed by atoms with Crippen molar-refractivity contribution in [3.05, 3.63) is 0 Å². The van der Waals surface area contributed by atoms with E-state index in [9.17, 15) is 9.59 Å². The number of hydrogen-bond donors (Lipinski definition) is 0. The van der Waals surface area contributed by atoms with Crippen LogP contribution in [0.2, 0.25) is 0 Å². The molecule has 0 N–H and O–H groups in total. The summed E-state index contributed by atoms with van der Waals surface area (Å²) < 4.78 is 0. The molecule has 0 radical (unpaired) electrons. The van der Waals surface area contributed by atoms with Crippen LogP contribution in [0.5, 0.6) is 0 Å². The molecule has 4 bridgehead atoms. The van der Waals surface area contributed by atoms with Crippen molar-refractivity contribution in [3.63, 3.8) is 0 Å². The summed E-state index contributed by atoms with van der Waals surface area (Å²) in [7, 11) is 0. The van der Waals surface area contributed by atoms with Crippen molar-refractivity contribution in [2.24, 2.45) is 58.2 Å². The second-order valence-electron chi connectivity index (χ2n) is 9.97. The Morgan fingerprint density at radius 2 is 1.05 bits per heavy atom. The molecular formula is C20H30O2. The summed E-state index contributed by atoms with van der Waals surface area (Å²) in [5.41, 5.74) is 0.419. The van der Waals surface area contributed by atoms with Crippen molar-refractivity contribution in [1.29, 1.82) is 0 Å². The summed E-state index contributed by atoms with van der Waals surface area (Å²) in [4.78, 5) is 26.0. The van der Waals surface area contributed by atoms with Gasteiger partial charge in [-0.15, -0.1) is 0 Å². The van der Waals surface area contributed by atoms with E-state index in [2.05, 4.69) is 41.5 Å². The molecule has 122 valence electrons. The minimum atomic E-state index is 0.0328. The number of carbonyl (C=O) groups excluding carboxylic acids is 2. The normalized spacial score (nSPS) is 54.5. The van der Waals surface area contributed by atoms with E-state index in [1.807, 2.05) is 0 Å². The van der Waals surface area contributed by atoms with Gasteiger partial charge in [0.2, 0.25) is 0 Å². The monoisotopic (exact) mass is 302 g/mol. The van der Waals surface area contributed by atoms with Gasteiger partial charge in [0, 0.05) is 23.7 Å². The van der Waals surface area contributed by atoms with Crippen molar-refractivity contribution in [1.82, 2.24) is 0 Å². The fourth-order valence-corrected chi connectivity index (χ4v) is 6.96. The van der Waals surface area contributed by atoms with E-state index in [1.165, 1.54) is 0 Å². The zero-order valence-corrected chi connectivity index (χ0v) is 14.8. The number of fused-ring (bicyclic) bond motifs is 4. The topological polar surface area (TPSA) is 34.1 Å². The van der Waals surface area contributed by atoms with Gasteiger partial charge in [0.05, 0.1) is 0 Å². The number of ketones is 2. The maximum absolute atomic E-state index is 13.0. The number of rotatable bonds is 1. The lowest BCUT2D eigenvalue weighted by Crippen LogP contribution is -2.50. The lowest BCUT2D eigenvalue weighted by Gasteiger charge is -2.47. The van der Waals surface area contributed by atoms with Crippen molar-refractivity contribution in [3.8, 4) is 0 Å². The average molecular weight is 302 g/mol. The average Bonchev–Trinajstić information content (AvgIpc) is 3.06. The zero-order chi connectivity index (χ0) is 16.2. The van der Waals surface area contributed by atoms with E-state index in [0.29, 0.717) is 35.2 Å². The highest BCUT2D eigenvalue weighted by atomic mass is 16.1. The van der Waals surface area contributed by atoms with Gasteiger partial charge in [-0.2, -0.15) is 0 Å². The molecule has 8 atom stereocenters. The fourth-order valence-electron chi connectivity index (χ4n) is 6.96. The molecule has 0 unspecified atom stereocenters. The van der Waals surface area contributed by atoms with E-state index in [1.54, 1.807) is 0 Å². The second-order valence-corrected chi connectivity index (χ2v) is 9.97. The maximum atomic E-state index is 13.0. The Labute approximate surface area is 134 Å². The van der Waals surface area contributed by atoms with E-state index in [-0.39, 0.29) is 34.5 Å². The van der Waals surface area contributed by atoms with Crippen molar-refractivity contribution >= 4 is 11.6 Å². The Morgan fingerprint density at radius 1 is 0.727 bits per heavy atom. The van der Waals surface area contributed by atoms with Gasteiger partial charge in [-0.25, -0.2) is 0 Å². The van der Waals surface area contributed by atoms with Crippen LogP contribution < -0.4 is 0 Å². The minimum absolute atomic E-state index is 0.0328. The summed E-state index contributed by atoms with van der Waals surface area (Å²) in [5.74, 6) is 3.19. The van der Waals surface area contributed by atoms with Crippen LogP contribution >= 0.6 is 0 Å². The first-order chi connectivity index (χ1) is 10.1. The van der Waals surface area contributed by atoms with Crippen molar-refractivity contribution in [2.45, 2.75) is 54.4 Å². The van der Waals surface area contributed by atoms with Crippen LogP contribution in [0.3, 0.4) is 0 Å². The standard InChI is InChI=1S/C20H30O2/c1-9-11-7-13(19(9,3)4)15(17(11)21)16-14-8-12(18(16)22)10(2)20(14,5)6/h9-16H,7-8H2,1-6H3/t9-,10-,11-,12-,13-,14-,15-,16-/m0/s1. The van der Waals surface area contributed by atoms with Crippen LogP contribution in [-0.4, -0.2) is 11.6 Å². The highest BCUT2D eigenvalue weighted by Gasteiger charge is 2.68. The van der Waals surface area contributed by atoms with Crippen LogP contribution in [0.15, 0.2) is 0 Å². The fraction of sp³-hybridized carbons (Fsp3) is 0.900. The molecule has 0 heterocycles. The van der Waals surface area contributed by atoms with Gasteiger partial charge in [0.1, 0.15) is 11.6 Å². The minimum Gasteiger partial charge on any atom is -0.299 e. The lowest BCUT2D eigenvalue weighted by atomic mass is 9.55. The van der Waals surface area contributed by atoms with Gasteiger partial charge in [-0.05, 0) is 47.3 Å². The Balaban J connectivity index is 1.72. The van der Waals surface area contributed by atoms with Crippen LogP contribution in [0.4, 0.5) is 0 Å². The summed E-state index contributed by atoms with van der Waals surface area (Å²) in [6.07, 6.45) is 2.07. The number of carbonyl (C=O) groups is 2. The molecule has 0 saturated heterocycles. The van der Waals surface area contributed by atoms with E-state index in [0.717, 1.165) is 12.8 Å². The summed E-state index contributed by atoms with van der Waals surface area (Å²) in [6.45, 7) is 13.8. The molecular weight excluding hydrogens is 272 g/mol. The largest absolute Gasteiger partial charge is 0.299 e. The van der Waals surface area contributed by atoms with Crippen LogP contribution in [0.25, 0.3) is 0 Å². The molecule has 4 rings (SSSR count). The third kappa shape index (κ3) is 1.43. The van der Waals surface area contributed by atoms with Gasteiger partial charge in [0.15, 0.2) is 0 Å². The van der Waals surface area contributed by atoms with Crippen molar-refractivity contribution < 1.29 is 9.59 Å². The molecule has 4 aliphatic rings. The van der Waals surface area contributed by atoms with E-state index in [4.69, 9.17) is 0 Å². The quantitative estimate of drug-likeness (QED) is 0.734. The summed E-state index contributed by atoms with van der Waals surface area (Å²) in [6, 6.07) is 0. The summed E-state index contributed by atoms with van der Waals surface area (Å²) in [5, 5.41) is 0. The van der Waals surface area contributed by atoms with Gasteiger partial charge < -0.3 is 0 Å². The SMILES string of the molecule is C[C@H]1[C@@H]2C[C@@H]([C@@H]([C@H]3C(=O)[C@H]4C[C@@H]3C(C)(C)[C@H]4C)C2=O)C1(C)C. The smallest absolute Gasteiger partial charge is 0.140 e. The second kappa shape index (κ2) is 4.05. The molecule has 0 aromatic carbocycles. The number of Topliss-reactive ketones (excluding diaryl/α,β-unsaturated/α-hetero) is 2. The zero-order valence-electron chi connectivity index (χ0n) is 14.8. The molecule has 4 saturated carbocycles. The van der Waals surface area contributed by atoms with Crippen LogP contribution in [0, 0.1) is 58.2 Å². The van der Waals surface area contributed by atoms with Gasteiger partial charge in [-0.1, -0.05) is 41.5 Å². The Morgan fingerprint density at radius 3 is 1.32 bits per heavy atom. The highest BCUT2D eigenvalue weighted by molar-refractivity contribution is 5.96. The lowest BCUT2D eigenvalue weighted by molar-refractivity contribution is -0.145. The maximum Gasteiger partial charge on any atom is 0.140 e. The molecule has 4 fully saturated rings. The van der Waals surface area contributed by atoms with Crippen LogP contribution in [0.1, 0.15) is 54.4 Å². The van der Waals surface area contributed by atoms with Crippen molar-refractivity contribution in [2.75, 3.05) is 0 Å². The predicted octanol–water partition coefficient (Wildman–Crippen LogP) is 3.98. The first-order valence-corrected chi connectivity index (χ1v) is 9.17. The molecule has 0 amide bonds. The van der Waals surface area contributed by atoms with E-state index >= 15 is 0 Å². The third-order valence-electron chi connectivity index (χ3n) is 9.12. The third-order valence-corrected chi connectivity index (χ3v) is 9.12. The first kappa shape index (κ1) is 14.9. The van der Waals surface area contributed by atoms with E-state index < -0.39 is 0 Å². The highest BCUT2D eigenvalue weighted by Crippen LogP contribution is 2.68. The molecule has 0 aromatic rings. The molecule has 0 aromatic heterocycles. The van der Waals surface area contributed by atoms with Gasteiger partial charge in [-0.3, -0.25) is 9.59 Å². The molecule has 0 aliphatic heterocycles. The molecule has 22 heavy (non-hydrogen) atoms. The first-order valence-electron chi connectivity index (χ1n) is 9.17. The van der Waals surface area contributed by atoms with Gasteiger partial charge in [0.25, 0.3) is 0 Å². The Hall–Kier alpha value is -0.660. The molecule has 4 aliphatic carbocycles. The predicted molar refractivity (Wildman–Crippen MR) is 86.1 cm³/mol. The van der Waals surface area contributed by atoms with Gasteiger partial charge >= 0.3 is 0 Å². The number of hydrogen-bond acceptors (Lipinski definition) is 2.